The van der Waals surface area contributed by atoms with E-state index in [4.69, 9.17) is 0 Å². The Bertz CT molecular complexity index is 698. The number of carbonyl (C=O) groups is 2. The zero-order valence-electron chi connectivity index (χ0n) is 12.4. The van der Waals surface area contributed by atoms with Gasteiger partial charge in [-0.1, -0.05) is 12.1 Å². The summed E-state index contributed by atoms with van der Waals surface area (Å²) >= 11 is 0. The molecule has 1 heterocycles. The summed E-state index contributed by atoms with van der Waals surface area (Å²) in [5, 5.41) is 4.86. The van der Waals surface area contributed by atoms with Crippen LogP contribution in [0.2, 0.25) is 0 Å². The average molecular weight is 319 g/mol. The van der Waals surface area contributed by atoms with Gasteiger partial charge in [0.25, 0.3) is 5.91 Å². The van der Waals surface area contributed by atoms with E-state index in [1.54, 1.807) is 18.3 Å². The minimum Gasteiger partial charge on any atom is -0.351 e. The van der Waals surface area contributed by atoms with Crippen LogP contribution >= 0.6 is 0 Å². The third-order valence-corrected chi connectivity index (χ3v) is 3.01. The number of amides is 2. The van der Waals surface area contributed by atoms with Crippen molar-refractivity contribution >= 4 is 17.6 Å². The molecule has 2 aromatic rings. The van der Waals surface area contributed by atoms with Crippen LogP contribution in [0.15, 0.2) is 36.5 Å². The number of aromatic nitrogens is 1. The molecule has 5 nitrogen and oxygen atoms in total. The third-order valence-electron chi connectivity index (χ3n) is 3.01. The van der Waals surface area contributed by atoms with Gasteiger partial charge in [0.1, 0.15) is 23.0 Å². The van der Waals surface area contributed by atoms with Gasteiger partial charge in [0, 0.05) is 19.2 Å². The molecule has 2 rings (SSSR count). The monoisotopic (exact) mass is 319 g/mol. The predicted molar refractivity (Wildman–Crippen MR) is 80.9 cm³/mol. The Balaban J connectivity index is 1.83. The minimum absolute atomic E-state index is 0.0443. The lowest BCUT2D eigenvalue weighted by Gasteiger charge is -2.07. The minimum atomic E-state index is -0.948. The fourth-order valence-electron chi connectivity index (χ4n) is 1.84. The summed E-state index contributed by atoms with van der Waals surface area (Å²) in [7, 11) is 0. The molecule has 0 aliphatic carbocycles. The summed E-state index contributed by atoms with van der Waals surface area (Å²) in [6.07, 6.45) is 1.57. The molecule has 0 atom stereocenters. The van der Waals surface area contributed by atoms with Crippen molar-refractivity contribution in [1.29, 1.82) is 0 Å². The van der Waals surface area contributed by atoms with Gasteiger partial charge < -0.3 is 10.6 Å². The normalized spacial score (nSPS) is 10.2. The first-order valence-corrected chi connectivity index (χ1v) is 6.92. The van der Waals surface area contributed by atoms with E-state index in [0.29, 0.717) is 5.82 Å². The van der Waals surface area contributed by atoms with Gasteiger partial charge in [-0.15, -0.1) is 0 Å². The van der Waals surface area contributed by atoms with Crippen molar-refractivity contribution in [2.24, 2.45) is 0 Å². The molecule has 0 bridgehead atoms. The van der Waals surface area contributed by atoms with Gasteiger partial charge in [-0.25, -0.2) is 13.8 Å². The number of aryl methyl sites for hydroxylation is 1. The highest BCUT2D eigenvalue weighted by Gasteiger charge is 2.16. The van der Waals surface area contributed by atoms with Crippen molar-refractivity contribution < 1.29 is 18.4 Å². The number of nitrogens with one attached hydrogen (secondary N) is 2. The lowest BCUT2D eigenvalue weighted by Crippen LogP contribution is -2.29. The summed E-state index contributed by atoms with van der Waals surface area (Å²) < 4.78 is 26.8. The van der Waals surface area contributed by atoms with Crippen molar-refractivity contribution in [1.82, 2.24) is 10.3 Å². The Hall–Kier alpha value is -2.83. The summed E-state index contributed by atoms with van der Waals surface area (Å²) in [5.74, 6) is -2.77. The summed E-state index contributed by atoms with van der Waals surface area (Å²) in [6, 6.07) is 6.61. The smallest absolute Gasteiger partial charge is 0.257 e. The molecule has 0 spiro atoms. The molecular weight excluding hydrogens is 304 g/mol. The highest BCUT2D eigenvalue weighted by Crippen LogP contribution is 2.11. The SMILES string of the molecule is Cc1ccc(NC(=O)CCNC(=O)c2c(F)cccc2F)nc1. The molecule has 0 radical (unpaired) electrons. The predicted octanol–water partition coefficient (Wildman–Crippen LogP) is 2.43. The van der Waals surface area contributed by atoms with E-state index in [2.05, 4.69) is 15.6 Å². The molecule has 0 unspecified atom stereocenters. The van der Waals surface area contributed by atoms with E-state index in [9.17, 15) is 18.4 Å². The maximum Gasteiger partial charge on any atom is 0.257 e. The van der Waals surface area contributed by atoms with E-state index in [1.807, 2.05) is 6.92 Å². The van der Waals surface area contributed by atoms with E-state index in [0.717, 1.165) is 17.7 Å². The fourth-order valence-corrected chi connectivity index (χ4v) is 1.84. The summed E-state index contributed by atoms with van der Waals surface area (Å²) in [4.78, 5) is 27.4. The summed E-state index contributed by atoms with van der Waals surface area (Å²) in [5.41, 5.74) is 0.301. The molecule has 0 saturated carbocycles. The molecule has 0 aliphatic heterocycles. The molecule has 7 heteroatoms. The zero-order valence-corrected chi connectivity index (χ0v) is 12.4. The Labute approximate surface area is 131 Å². The van der Waals surface area contributed by atoms with Crippen LogP contribution in [0.4, 0.5) is 14.6 Å². The molecule has 2 N–H and O–H groups in total. The Kier molecular flexibility index (Phi) is 5.35. The van der Waals surface area contributed by atoms with Crippen LogP contribution in [-0.4, -0.2) is 23.3 Å². The number of hydrogen-bond acceptors (Lipinski definition) is 3. The van der Waals surface area contributed by atoms with Gasteiger partial charge >= 0.3 is 0 Å². The van der Waals surface area contributed by atoms with Crippen molar-refractivity contribution in [3.8, 4) is 0 Å². The molecule has 0 aliphatic rings. The first-order valence-electron chi connectivity index (χ1n) is 6.92. The Morgan fingerprint density at radius 3 is 2.43 bits per heavy atom. The van der Waals surface area contributed by atoms with Gasteiger partial charge in [0.05, 0.1) is 0 Å². The highest BCUT2D eigenvalue weighted by atomic mass is 19.1. The molecule has 0 saturated heterocycles. The number of halogens is 2. The van der Waals surface area contributed by atoms with E-state index >= 15 is 0 Å². The number of pyridine rings is 1. The van der Waals surface area contributed by atoms with Crippen LogP contribution in [0.3, 0.4) is 0 Å². The standard InChI is InChI=1S/C16H15F2N3O2/c1-10-5-6-13(20-9-10)21-14(22)7-8-19-16(23)15-11(17)3-2-4-12(15)18/h2-6,9H,7-8H2,1H3,(H,19,23)(H,20,21,22). The third kappa shape index (κ3) is 4.57. The largest absolute Gasteiger partial charge is 0.351 e. The van der Waals surface area contributed by atoms with Crippen LogP contribution < -0.4 is 10.6 Å². The van der Waals surface area contributed by atoms with Crippen molar-refractivity contribution in [3.63, 3.8) is 0 Å². The maximum atomic E-state index is 13.4. The lowest BCUT2D eigenvalue weighted by atomic mass is 10.2. The van der Waals surface area contributed by atoms with Crippen molar-refractivity contribution in [2.45, 2.75) is 13.3 Å². The number of benzene rings is 1. The second-order valence-corrected chi connectivity index (χ2v) is 4.87. The fraction of sp³-hybridized carbons (Fsp3) is 0.188. The molecule has 1 aromatic heterocycles. The van der Waals surface area contributed by atoms with Crippen LogP contribution in [0.1, 0.15) is 22.3 Å². The molecule has 2 amide bonds. The molecule has 1 aromatic carbocycles. The molecule has 120 valence electrons. The summed E-state index contributed by atoms with van der Waals surface area (Å²) in [6.45, 7) is 1.82. The number of rotatable bonds is 5. The van der Waals surface area contributed by atoms with E-state index in [1.165, 1.54) is 6.07 Å². The van der Waals surface area contributed by atoms with Gasteiger partial charge in [0.2, 0.25) is 5.91 Å². The molecule has 0 fully saturated rings. The van der Waals surface area contributed by atoms with Gasteiger partial charge in [-0.3, -0.25) is 9.59 Å². The first-order chi connectivity index (χ1) is 11.0. The van der Waals surface area contributed by atoms with Gasteiger partial charge in [0.15, 0.2) is 0 Å². The molecule has 23 heavy (non-hydrogen) atoms. The number of hydrogen-bond donors (Lipinski definition) is 2. The second-order valence-electron chi connectivity index (χ2n) is 4.87. The number of carbonyl (C=O) groups excluding carboxylic acids is 2. The quantitative estimate of drug-likeness (QED) is 0.889. The second kappa shape index (κ2) is 7.44. The maximum absolute atomic E-state index is 13.4. The highest BCUT2D eigenvalue weighted by molar-refractivity contribution is 5.95. The topological polar surface area (TPSA) is 71.1 Å². The van der Waals surface area contributed by atoms with Crippen molar-refractivity contribution in [3.05, 3.63) is 59.3 Å². The van der Waals surface area contributed by atoms with Crippen LogP contribution in [-0.2, 0) is 4.79 Å². The van der Waals surface area contributed by atoms with E-state index in [-0.39, 0.29) is 18.9 Å². The van der Waals surface area contributed by atoms with Crippen LogP contribution in [0, 0.1) is 18.6 Å². The van der Waals surface area contributed by atoms with Crippen molar-refractivity contribution in [2.75, 3.05) is 11.9 Å². The Morgan fingerprint density at radius 1 is 1.13 bits per heavy atom. The van der Waals surface area contributed by atoms with Gasteiger partial charge in [-0.05, 0) is 30.7 Å². The molecular formula is C16H15F2N3O2. The van der Waals surface area contributed by atoms with Crippen LogP contribution in [0.25, 0.3) is 0 Å². The van der Waals surface area contributed by atoms with Crippen LogP contribution in [0.5, 0.6) is 0 Å². The number of nitrogens with zero attached hydrogens (tertiary/aromatic N) is 1. The van der Waals surface area contributed by atoms with Gasteiger partial charge in [-0.2, -0.15) is 0 Å². The zero-order chi connectivity index (χ0) is 16.8. The lowest BCUT2D eigenvalue weighted by molar-refractivity contribution is -0.116. The Morgan fingerprint density at radius 2 is 1.83 bits per heavy atom. The number of anilines is 1. The van der Waals surface area contributed by atoms with E-state index < -0.39 is 23.1 Å². The average Bonchev–Trinajstić information content (AvgIpc) is 2.49. The first kappa shape index (κ1) is 16.5.